The number of aryl methyl sites for hydroxylation is 2. The summed E-state index contributed by atoms with van der Waals surface area (Å²) in [7, 11) is 0. The molecule has 1 aromatic rings. The van der Waals surface area contributed by atoms with Gasteiger partial charge in [0, 0.05) is 22.7 Å². The number of rotatable bonds is 1. The number of carbonyl (C=O) groups is 1. The Morgan fingerprint density at radius 3 is 2.71 bits per heavy atom. The molecule has 0 spiro atoms. The molecule has 1 aromatic heterocycles. The predicted molar refractivity (Wildman–Crippen MR) is 61.3 cm³/mol. The number of halogens is 1. The molecule has 1 unspecified atom stereocenters. The van der Waals surface area contributed by atoms with Crippen LogP contribution in [0, 0.1) is 13.8 Å². The van der Waals surface area contributed by atoms with E-state index in [1.165, 1.54) is 4.88 Å². The second-order valence-electron chi connectivity index (χ2n) is 3.44. The fourth-order valence-corrected chi connectivity index (χ4v) is 2.92. The first-order valence-corrected chi connectivity index (χ1v) is 6.19. The van der Waals surface area contributed by atoms with E-state index in [9.17, 15) is 4.79 Å². The van der Waals surface area contributed by atoms with Crippen molar-refractivity contribution >= 4 is 38.3 Å². The zero-order valence-corrected chi connectivity index (χ0v) is 10.5. The Kier molecular flexibility index (Phi) is 2.62. The number of anilines is 1. The first-order valence-electron chi connectivity index (χ1n) is 4.46. The SMILES string of the molecule is Cc1nc(N2CC(Br)CC2=O)sc1C. The molecule has 1 aliphatic rings. The Bertz CT molecular complexity index is 357. The van der Waals surface area contributed by atoms with Crippen molar-refractivity contribution in [2.75, 3.05) is 11.4 Å². The van der Waals surface area contributed by atoms with E-state index < -0.39 is 0 Å². The lowest BCUT2D eigenvalue weighted by molar-refractivity contribution is -0.117. The Labute approximate surface area is 95.3 Å². The van der Waals surface area contributed by atoms with Gasteiger partial charge in [-0.3, -0.25) is 9.69 Å². The third-order valence-electron chi connectivity index (χ3n) is 2.33. The van der Waals surface area contributed by atoms with Crippen molar-refractivity contribution in [1.82, 2.24) is 4.98 Å². The summed E-state index contributed by atoms with van der Waals surface area (Å²) in [5.74, 6) is 0.167. The summed E-state index contributed by atoms with van der Waals surface area (Å²) < 4.78 is 0. The minimum Gasteiger partial charge on any atom is -0.287 e. The molecule has 1 saturated heterocycles. The van der Waals surface area contributed by atoms with Crippen LogP contribution in [0.3, 0.4) is 0 Å². The molecule has 1 fully saturated rings. The minimum atomic E-state index is 0.167. The maximum absolute atomic E-state index is 11.6. The van der Waals surface area contributed by atoms with Crippen molar-refractivity contribution in [3.63, 3.8) is 0 Å². The number of amides is 1. The fraction of sp³-hybridized carbons (Fsp3) is 0.556. The van der Waals surface area contributed by atoms with Crippen molar-refractivity contribution in [2.24, 2.45) is 0 Å². The van der Waals surface area contributed by atoms with Crippen LogP contribution >= 0.6 is 27.3 Å². The summed E-state index contributed by atoms with van der Waals surface area (Å²) in [4.78, 5) is 19.2. The van der Waals surface area contributed by atoms with Gasteiger partial charge >= 0.3 is 0 Å². The lowest BCUT2D eigenvalue weighted by Crippen LogP contribution is -2.24. The predicted octanol–water partition coefficient (Wildman–Crippen LogP) is 2.26. The second-order valence-corrected chi connectivity index (χ2v) is 5.92. The number of alkyl halides is 1. The van der Waals surface area contributed by atoms with E-state index in [-0.39, 0.29) is 10.7 Å². The summed E-state index contributed by atoms with van der Waals surface area (Å²) >= 11 is 5.05. The third-order valence-corrected chi connectivity index (χ3v) is 4.04. The Morgan fingerprint density at radius 2 is 2.29 bits per heavy atom. The average molecular weight is 275 g/mol. The van der Waals surface area contributed by atoms with E-state index >= 15 is 0 Å². The van der Waals surface area contributed by atoms with Gasteiger partial charge in [-0.2, -0.15) is 0 Å². The standard InChI is InChI=1S/C9H11BrN2OS/c1-5-6(2)14-9(11-5)12-4-7(10)3-8(12)13/h7H,3-4H2,1-2H3. The molecule has 1 amide bonds. The van der Waals surface area contributed by atoms with Crippen molar-refractivity contribution in [2.45, 2.75) is 25.1 Å². The van der Waals surface area contributed by atoms with E-state index in [1.807, 2.05) is 13.8 Å². The van der Waals surface area contributed by atoms with Gasteiger partial charge in [0.2, 0.25) is 5.91 Å². The smallest absolute Gasteiger partial charge is 0.230 e. The highest BCUT2D eigenvalue weighted by Crippen LogP contribution is 2.30. The monoisotopic (exact) mass is 274 g/mol. The van der Waals surface area contributed by atoms with Gasteiger partial charge in [-0.15, -0.1) is 11.3 Å². The number of hydrogen-bond acceptors (Lipinski definition) is 3. The fourth-order valence-electron chi connectivity index (χ4n) is 1.42. The molecule has 0 radical (unpaired) electrons. The van der Waals surface area contributed by atoms with Gasteiger partial charge in [-0.05, 0) is 13.8 Å². The van der Waals surface area contributed by atoms with Gasteiger partial charge in [-0.25, -0.2) is 4.98 Å². The molecule has 1 aliphatic heterocycles. The number of nitrogens with zero attached hydrogens (tertiary/aromatic N) is 2. The van der Waals surface area contributed by atoms with Crippen molar-refractivity contribution in [1.29, 1.82) is 0 Å². The Morgan fingerprint density at radius 1 is 1.57 bits per heavy atom. The number of aromatic nitrogens is 1. The van der Waals surface area contributed by atoms with Crippen molar-refractivity contribution in [3.8, 4) is 0 Å². The molecular weight excluding hydrogens is 264 g/mol. The molecule has 5 heteroatoms. The van der Waals surface area contributed by atoms with Crippen LogP contribution in [0.4, 0.5) is 5.13 Å². The molecule has 0 saturated carbocycles. The molecular formula is C9H11BrN2OS. The van der Waals surface area contributed by atoms with Crippen LogP contribution < -0.4 is 4.90 Å². The van der Waals surface area contributed by atoms with Gasteiger partial charge in [0.15, 0.2) is 5.13 Å². The van der Waals surface area contributed by atoms with Crippen LogP contribution in [-0.2, 0) is 4.79 Å². The molecule has 1 atom stereocenters. The second kappa shape index (κ2) is 3.62. The van der Waals surface area contributed by atoms with Crippen molar-refractivity contribution in [3.05, 3.63) is 10.6 Å². The molecule has 0 aromatic carbocycles. The van der Waals surface area contributed by atoms with Crippen LogP contribution in [0.2, 0.25) is 0 Å². The summed E-state index contributed by atoms with van der Waals surface area (Å²) in [6.07, 6.45) is 0.581. The van der Waals surface area contributed by atoms with Crippen molar-refractivity contribution < 1.29 is 4.79 Å². The maximum atomic E-state index is 11.6. The number of hydrogen-bond donors (Lipinski definition) is 0. The third kappa shape index (κ3) is 1.70. The van der Waals surface area contributed by atoms with E-state index in [1.54, 1.807) is 16.2 Å². The lowest BCUT2D eigenvalue weighted by Gasteiger charge is -2.10. The number of carbonyl (C=O) groups excluding carboxylic acids is 1. The average Bonchev–Trinajstić information content (AvgIpc) is 2.57. The van der Waals surface area contributed by atoms with Crippen LogP contribution in [0.15, 0.2) is 0 Å². The van der Waals surface area contributed by atoms with Gasteiger partial charge in [0.05, 0.1) is 5.69 Å². The molecule has 76 valence electrons. The molecule has 0 bridgehead atoms. The molecule has 2 heterocycles. The first-order chi connectivity index (χ1) is 6.58. The van der Waals surface area contributed by atoms with Crippen LogP contribution in [0.1, 0.15) is 17.0 Å². The zero-order chi connectivity index (χ0) is 10.3. The van der Waals surface area contributed by atoms with E-state index in [0.717, 1.165) is 17.4 Å². The van der Waals surface area contributed by atoms with E-state index in [4.69, 9.17) is 0 Å². The summed E-state index contributed by atoms with van der Waals surface area (Å²) in [5, 5.41) is 0.840. The molecule has 0 aliphatic carbocycles. The van der Waals surface area contributed by atoms with E-state index in [0.29, 0.717) is 6.42 Å². The lowest BCUT2D eigenvalue weighted by atomic mass is 10.4. The van der Waals surface area contributed by atoms with Gasteiger partial charge in [0.1, 0.15) is 0 Å². The summed E-state index contributed by atoms with van der Waals surface area (Å²) in [6.45, 7) is 4.75. The largest absolute Gasteiger partial charge is 0.287 e. The molecule has 2 rings (SSSR count). The molecule has 14 heavy (non-hydrogen) atoms. The van der Waals surface area contributed by atoms with Crippen LogP contribution in [-0.4, -0.2) is 22.3 Å². The normalized spacial score (nSPS) is 22.1. The Balaban J connectivity index is 2.27. The topological polar surface area (TPSA) is 33.2 Å². The summed E-state index contributed by atoms with van der Waals surface area (Å²) in [6, 6.07) is 0. The zero-order valence-electron chi connectivity index (χ0n) is 8.08. The van der Waals surface area contributed by atoms with Crippen LogP contribution in [0.25, 0.3) is 0 Å². The molecule has 3 nitrogen and oxygen atoms in total. The quantitative estimate of drug-likeness (QED) is 0.736. The highest BCUT2D eigenvalue weighted by Gasteiger charge is 2.30. The minimum absolute atomic E-state index is 0.167. The first kappa shape index (κ1) is 10.1. The Hall–Kier alpha value is -0.420. The highest BCUT2D eigenvalue weighted by molar-refractivity contribution is 9.09. The van der Waals surface area contributed by atoms with Crippen LogP contribution in [0.5, 0.6) is 0 Å². The maximum Gasteiger partial charge on any atom is 0.230 e. The van der Waals surface area contributed by atoms with E-state index in [2.05, 4.69) is 20.9 Å². The number of thiazole rings is 1. The molecule has 0 N–H and O–H groups in total. The van der Waals surface area contributed by atoms with Gasteiger partial charge < -0.3 is 0 Å². The highest BCUT2D eigenvalue weighted by atomic mass is 79.9. The summed E-state index contributed by atoms with van der Waals surface area (Å²) in [5.41, 5.74) is 1.02. The van der Waals surface area contributed by atoms with Gasteiger partial charge in [0.25, 0.3) is 0 Å². The van der Waals surface area contributed by atoms with Gasteiger partial charge in [-0.1, -0.05) is 15.9 Å².